The van der Waals surface area contributed by atoms with Crippen molar-refractivity contribution in [3.8, 4) is 11.3 Å². The number of nitrogens with one attached hydrogen (secondary N) is 1. The van der Waals surface area contributed by atoms with Gasteiger partial charge >= 0.3 is 0 Å². The van der Waals surface area contributed by atoms with E-state index in [0.717, 1.165) is 11.3 Å². The molecule has 0 saturated carbocycles. The van der Waals surface area contributed by atoms with Crippen LogP contribution in [0.5, 0.6) is 0 Å². The van der Waals surface area contributed by atoms with E-state index in [9.17, 15) is 14.3 Å². The highest BCUT2D eigenvalue weighted by Crippen LogP contribution is 2.25. The Morgan fingerprint density at radius 3 is 2.68 bits per heavy atom. The Bertz CT molecular complexity index is 797. The number of amides is 1. The molecular formula is C21H27FN2O4. The number of ether oxygens (including phenoxy) is 1. The van der Waals surface area contributed by atoms with Crippen molar-refractivity contribution in [1.82, 2.24) is 10.5 Å². The lowest BCUT2D eigenvalue weighted by atomic mass is 9.95. The smallest absolute Gasteiger partial charge is 0.225 e. The summed E-state index contributed by atoms with van der Waals surface area (Å²) < 4.78 is 24.4. The average molecular weight is 390 g/mol. The lowest BCUT2D eigenvalue weighted by Gasteiger charge is -2.34. The van der Waals surface area contributed by atoms with Crippen LogP contribution < -0.4 is 5.32 Å². The summed E-state index contributed by atoms with van der Waals surface area (Å²) in [5, 5.41) is 17.1. The zero-order valence-corrected chi connectivity index (χ0v) is 16.4. The van der Waals surface area contributed by atoms with E-state index in [0.29, 0.717) is 25.0 Å². The van der Waals surface area contributed by atoms with Crippen LogP contribution in [0.15, 0.2) is 34.9 Å². The van der Waals surface area contributed by atoms with Crippen LogP contribution in [0.2, 0.25) is 0 Å². The predicted molar refractivity (Wildman–Crippen MR) is 102 cm³/mol. The third-order valence-electron chi connectivity index (χ3n) is 4.85. The summed E-state index contributed by atoms with van der Waals surface area (Å²) in [6, 6.07) is 7.85. The SMILES string of the molecule is CC(C)(C)C(=O)NC[C@H]1O[C@H](Cc2cc(-c3ccc(F)cc3)on2)CC[C@@H]1O. The van der Waals surface area contributed by atoms with E-state index in [-0.39, 0.29) is 24.4 Å². The molecule has 0 spiro atoms. The largest absolute Gasteiger partial charge is 0.390 e. The summed E-state index contributed by atoms with van der Waals surface area (Å²) in [6.07, 6.45) is 0.664. The second kappa shape index (κ2) is 8.41. The molecule has 1 aliphatic rings. The maximum atomic E-state index is 13.1. The Labute approximate surface area is 164 Å². The highest BCUT2D eigenvalue weighted by molar-refractivity contribution is 5.81. The van der Waals surface area contributed by atoms with E-state index in [4.69, 9.17) is 9.26 Å². The number of hydrogen-bond acceptors (Lipinski definition) is 5. The predicted octanol–water partition coefficient (Wildman–Crippen LogP) is 3.09. The van der Waals surface area contributed by atoms with E-state index in [2.05, 4.69) is 10.5 Å². The average Bonchev–Trinajstić information content (AvgIpc) is 3.10. The maximum Gasteiger partial charge on any atom is 0.225 e. The van der Waals surface area contributed by atoms with E-state index >= 15 is 0 Å². The molecule has 3 rings (SSSR count). The number of hydrogen-bond donors (Lipinski definition) is 2. The minimum atomic E-state index is -0.608. The molecule has 152 valence electrons. The number of carbonyl (C=O) groups is 1. The Morgan fingerprint density at radius 1 is 1.29 bits per heavy atom. The van der Waals surface area contributed by atoms with Gasteiger partial charge in [-0.3, -0.25) is 4.79 Å². The molecule has 1 fully saturated rings. The van der Waals surface area contributed by atoms with Crippen molar-refractivity contribution in [3.63, 3.8) is 0 Å². The normalized spacial score (nSPS) is 22.8. The summed E-state index contributed by atoms with van der Waals surface area (Å²) in [5.41, 5.74) is 0.998. The lowest BCUT2D eigenvalue weighted by molar-refractivity contribution is -0.134. The van der Waals surface area contributed by atoms with Crippen LogP contribution in [0.3, 0.4) is 0 Å². The number of aliphatic hydroxyl groups is 1. The quantitative estimate of drug-likeness (QED) is 0.820. The highest BCUT2D eigenvalue weighted by atomic mass is 19.1. The molecule has 2 aromatic rings. The molecule has 1 aromatic heterocycles. The summed E-state index contributed by atoms with van der Waals surface area (Å²) in [7, 11) is 0. The van der Waals surface area contributed by atoms with E-state index in [1.165, 1.54) is 12.1 Å². The van der Waals surface area contributed by atoms with Gasteiger partial charge in [-0.1, -0.05) is 25.9 Å². The second-order valence-electron chi connectivity index (χ2n) is 8.29. The van der Waals surface area contributed by atoms with Gasteiger partial charge in [-0.15, -0.1) is 0 Å². The molecule has 7 heteroatoms. The fourth-order valence-electron chi connectivity index (χ4n) is 3.13. The van der Waals surface area contributed by atoms with E-state index < -0.39 is 17.6 Å². The topological polar surface area (TPSA) is 84.6 Å². The lowest BCUT2D eigenvalue weighted by Crippen LogP contribution is -2.48. The van der Waals surface area contributed by atoms with Gasteiger partial charge in [0, 0.05) is 30.0 Å². The zero-order valence-electron chi connectivity index (χ0n) is 16.4. The van der Waals surface area contributed by atoms with Crippen molar-refractivity contribution in [1.29, 1.82) is 0 Å². The van der Waals surface area contributed by atoms with Crippen LogP contribution in [0.1, 0.15) is 39.3 Å². The summed E-state index contributed by atoms with van der Waals surface area (Å²) >= 11 is 0. The second-order valence-corrected chi connectivity index (χ2v) is 8.29. The van der Waals surface area contributed by atoms with Gasteiger partial charge in [0.05, 0.1) is 17.9 Å². The van der Waals surface area contributed by atoms with Gasteiger partial charge in [0.15, 0.2) is 5.76 Å². The molecule has 0 aliphatic carbocycles. The van der Waals surface area contributed by atoms with E-state index in [1.807, 2.05) is 26.8 Å². The van der Waals surface area contributed by atoms with Crippen LogP contribution in [-0.2, 0) is 16.0 Å². The van der Waals surface area contributed by atoms with Gasteiger partial charge in [0.1, 0.15) is 11.9 Å². The van der Waals surface area contributed by atoms with Crippen molar-refractivity contribution < 1.29 is 23.6 Å². The number of halogens is 1. The van der Waals surface area contributed by atoms with Gasteiger partial charge < -0.3 is 19.7 Å². The Balaban J connectivity index is 1.57. The number of carbonyl (C=O) groups excluding carboxylic acids is 1. The molecule has 1 aromatic carbocycles. The number of rotatable bonds is 5. The van der Waals surface area contributed by atoms with Crippen molar-refractivity contribution in [3.05, 3.63) is 41.8 Å². The first-order chi connectivity index (χ1) is 13.2. The molecule has 1 saturated heterocycles. The molecule has 3 atom stereocenters. The van der Waals surface area contributed by atoms with Crippen LogP contribution in [0.25, 0.3) is 11.3 Å². The minimum absolute atomic E-state index is 0.0779. The number of benzene rings is 1. The minimum Gasteiger partial charge on any atom is -0.390 e. The number of aliphatic hydroxyl groups excluding tert-OH is 1. The first-order valence-electron chi connectivity index (χ1n) is 9.56. The van der Waals surface area contributed by atoms with Gasteiger partial charge in [-0.25, -0.2) is 4.39 Å². The molecule has 6 nitrogen and oxygen atoms in total. The van der Waals surface area contributed by atoms with Gasteiger partial charge in [0.2, 0.25) is 5.91 Å². The molecule has 2 N–H and O–H groups in total. The third-order valence-corrected chi connectivity index (χ3v) is 4.85. The number of nitrogens with zero attached hydrogens (tertiary/aromatic N) is 1. The highest BCUT2D eigenvalue weighted by Gasteiger charge is 2.32. The maximum absolute atomic E-state index is 13.1. The van der Waals surface area contributed by atoms with Gasteiger partial charge in [0.25, 0.3) is 0 Å². The van der Waals surface area contributed by atoms with Gasteiger partial charge in [-0.2, -0.15) is 0 Å². The van der Waals surface area contributed by atoms with E-state index in [1.54, 1.807) is 12.1 Å². The molecule has 0 unspecified atom stereocenters. The summed E-state index contributed by atoms with van der Waals surface area (Å²) in [6.45, 7) is 5.79. The van der Waals surface area contributed by atoms with Crippen molar-refractivity contribution in [2.24, 2.45) is 5.41 Å². The fraction of sp³-hybridized carbons (Fsp3) is 0.524. The molecule has 0 radical (unpaired) electrons. The Hall–Kier alpha value is -2.25. The molecule has 1 aliphatic heterocycles. The summed E-state index contributed by atoms with van der Waals surface area (Å²) in [4.78, 5) is 12.1. The zero-order chi connectivity index (χ0) is 20.3. The van der Waals surface area contributed by atoms with Gasteiger partial charge in [-0.05, 0) is 37.1 Å². The Morgan fingerprint density at radius 2 is 2.00 bits per heavy atom. The monoisotopic (exact) mass is 390 g/mol. The molecule has 28 heavy (non-hydrogen) atoms. The molecule has 1 amide bonds. The van der Waals surface area contributed by atoms with Crippen molar-refractivity contribution >= 4 is 5.91 Å². The number of aromatic nitrogens is 1. The molecule has 2 heterocycles. The van der Waals surface area contributed by atoms with Crippen LogP contribution in [0, 0.1) is 11.2 Å². The van der Waals surface area contributed by atoms with Crippen LogP contribution in [-0.4, -0.2) is 41.0 Å². The van der Waals surface area contributed by atoms with Crippen molar-refractivity contribution in [2.45, 2.75) is 58.3 Å². The van der Waals surface area contributed by atoms with Crippen LogP contribution in [0.4, 0.5) is 4.39 Å². The first kappa shape index (κ1) is 20.5. The fourth-order valence-corrected chi connectivity index (χ4v) is 3.13. The summed E-state index contributed by atoms with van der Waals surface area (Å²) in [5.74, 6) is 0.188. The first-order valence-corrected chi connectivity index (χ1v) is 9.56. The third kappa shape index (κ3) is 5.17. The standard InChI is InChI=1S/C21H27FN2O4/c1-21(2,3)20(26)23-12-19-17(25)9-8-16(27-19)10-15-11-18(28-24-15)13-4-6-14(22)7-5-13/h4-7,11,16-17,19,25H,8-10,12H2,1-3H3,(H,23,26)/t16-,17-,19+/m0/s1. The van der Waals surface area contributed by atoms with Crippen molar-refractivity contribution in [2.75, 3.05) is 6.54 Å². The Kier molecular flexibility index (Phi) is 6.15. The van der Waals surface area contributed by atoms with Crippen LogP contribution >= 0.6 is 0 Å². The molecule has 0 bridgehead atoms. The molecular weight excluding hydrogens is 363 g/mol.